The monoisotopic (exact) mass is 1280 g/mol. The Hall–Kier alpha value is -6.33. The molecular formula is C89H100N2O5. The van der Waals surface area contributed by atoms with E-state index in [9.17, 15) is 20.4 Å². The number of aliphatic hydroxyl groups excluding tert-OH is 3. The molecule has 15 aliphatic carbocycles. The van der Waals surface area contributed by atoms with Gasteiger partial charge in [0.05, 0.1) is 30.2 Å². The molecule has 3 aromatic carbocycles. The molecular weight excluding hydrogens is 1180 g/mol. The number of carbonyl (C=O) groups is 1. The van der Waals surface area contributed by atoms with Crippen LogP contribution in [0.4, 0.5) is 0 Å². The van der Waals surface area contributed by atoms with E-state index in [1.807, 2.05) is 0 Å². The fourth-order valence-corrected chi connectivity index (χ4v) is 29.4. The molecule has 4 heterocycles. The maximum atomic E-state index is 15.5. The van der Waals surface area contributed by atoms with Crippen LogP contribution in [-0.2, 0) is 4.79 Å². The van der Waals surface area contributed by atoms with Gasteiger partial charge in [0, 0.05) is 64.3 Å². The topological polar surface area (TPSA) is 122 Å². The molecule has 0 amide bonds. The van der Waals surface area contributed by atoms with E-state index < -0.39 is 51.2 Å². The quantitative estimate of drug-likeness (QED) is 0.0877. The summed E-state index contributed by atoms with van der Waals surface area (Å²) in [5.41, 5.74) is 10.8. The fourth-order valence-electron chi connectivity index (χ4n) is 29.4. The minimum Gasteiger partial charge on any atom is -0.516 e. The Morgan fingerprint density at radius 3 is 2.49 bits per heavy atom. The molecule has 0 radical (unpaired) electrons. The summed E-state index contributed by atoms with van der Waals surface area (Å²) in [5, 5.41) is 63.0. The first-order valence-electron chi connectivity index (χ1n) is 38.8. The van der Waals surface area contributed by atoms with Gasteiger partial charge in [0.25, 0.3) is 0 Å². The second-order valence-corrected chi connectivity index (χ2v) is 35.0. The molecule has 7 heteroatoms. The minimum absolute atomic E-state index is 0.0292. The number of aliphatic carboxylic acids is 1. The standard InChI is InChI=1S/C89H100N2O5/c92-53-63-28-30-73(81(95)96)88-43-34-69-71(32-40-83(69)48-61-27-26-58(45-64(61)49-83)54-13-3-1-4-14-54)89-72(80(88)94)21-10-39-86(88,89)41-33-70-75(89)51-84-36-12-38-85-37-9-18-57-24-22-56-23-25-59(62-29-31-77(91-52-62)90-44-11-20-65(63)55-15-5-2-6-16-55)46-67(56)78(57)79-66-19-8-7-17-60(66)47-74(68(79)50-84)87(70,82(84)85)42-35-76(85)93/h1,3-4,7-8,12-14,17,19,22-25,29,31,34,36,43,46-47,50,53,55,57-58,61,64-65,69,71-74,76,78,80,82,90-94H,2,5-6,10-11,15-16,20-21,26-28,30,32-33,35,37-42,44-45,48-49,51-52H2,(H,95,96). The average Bonchev–Trinajstić information content (AvgIpc) is 1.36. The Morgan fingerprint density at radius 2 is 1.62 bits per heavy atom. The highest BCUT2D eigenvalue weighted by Gasteiger charge is 2.85. The van der Waals surface area contributed by atoms with Crippen LogP contribution in [0.15, 0.2) is 156 Å². The third kappa shape index (κ3) is 7.74. The Labute approximate surface area is 569 Å². The number of aliphatic hydroxyl groups is 3. The van der Waals surface area contributed by atoms with Crippen LogP contribution >= 0.6 is 0 Å². The molecule has 18 bridgehead atoms. The molecule has 19 aliphatic rings. The molecule has 96 heavy (non-hydrogen) atoms. The van der Waals surface area contributed by atoms with Gasteiger partial charge in [0.15, 0.2) is 0 Å². The van der Waals surface area contributed by atoms with Crippen molar-refractivity contribution >= 4 is 29.3 Å². The molecule has 7 saturated carbocycles. The van der Waals surface area contributed by atoms with Crippen molar-refractivity contribution in [1.29, 1.82) is 0 Å². The fraction of sp³-hybridized carbons (Fsp3) is 0.562. The lowest BCUT2D eigenvalue weighted by Crippen LogP contribution is -2.69. The highest BCUT2D eigenvalue weighted by molar-refractivity contribution is 5.84. The molecule has 3 spiro atoms. The van der Waals surface area contributed by atoms with E-state index in [4.69, 9.17) is 0 Å². The van der Waals surface area contributed by atoms with Gasteiger partial charge in [-0.25, -0.2) is 0 Å². The molecule has 0 aromatic heterocycles. The lowest BCUT2D eigenvalue weighted by Gasteiger charge is -2.74. The van der Waals surface area contributed by atoms with Crippen molar-refractivity contribution in [1.82, 2.24) is 10.6 Å². The summed E-state index contributed by atoms with van der Waals surface area (Å²) >= 11 is 0. The number of allylic oxidation sites excluding steroid dienone is 11. The molecule has 496 valence electrons. The van der Waals surface area contributed by atoms with Crippen LogP contribution in [0.3, 0.4) is 0 Å². The SMILES string of the molecule is O=C(O)C1CCC(=CO)C(C2CCCCC2)CCCNC2=CC=C(CN2)c2ccc3c(c2)C2C4=c5ccccc5=CC5C4=CC46C=CCC7(CC#CC2C=C3)C(O)CCC5(C2=C(C4)C34C5CCC8(CC9CCC(c%10ccccc%10)CC9C8)C5C=CC15C(O)C3CCCC54CC2)C67. The second-order valence-electron chi connectivity index (χ2n) is 35.0. The van der Waals surface area contributed by atoms with Gasteiger partial charge in [-0.05, 0) is 260 Å². The number of hydrogen-bond acceptors (Lipinski definition) is 6. The molecule has 21 atom stereocenters. The molecule has 4 aliphatic heterocycles. The average molecular weight is 1280 g/mol. The number of dihydropyridines is 1. The summed E-state index contributed by atoms with van der Waals surface area (Å²) in [4.78, 5) is 15.5. The third-order valence-corrected chi connectivity index (χ3v) is 32.2. The van der Waals surface area contributed by atoms with Crippen molar-refractivity contribution in [3.63, 3.8) is 0 Å². The predicted molar refractivity (Wildman–Crippen MR) is 380 cm³/mol. The zero-order valence-electron chi connectivity index (χ0n) is 56.4. The zero-order valence-corrected chi connectivity index (χ0v) is 56.4. The van der Waals surface area contributed by atoms with E-state index in [0.29, 0.717) is 49.5 Å². The van der Waals surface area contributed by atoms with Gasteiger partial charge in [-0.2, -0.15) is 0 Å². The molecule has 21 unspecified atom stereocenters. The van der Waals surface area contributed by atoms with Crippen molar-refractivity contribution in [2.24, 2.45) is 103 Å². The number of carboxylic acid groups (broad SMARTS) is 1. The van der Waals surface area contributed by atoms with Gasteiger partial charge in [-0.1, -0.05) is 170 Å². The molecule has 0 saturated heterocycles. The van der Waals surface area contributed by atoms with Crippen molar-refractivity contribution in [3.05, 3.63) is 188 Å². The lowest BCUT2D eigenvalue weighted by atomic mass is 9.29. The van der Waals surface area contributed by atoms with Gasteiger partial charge in [0.1, 0.15) is 0 Å². The maximum absolute atomic E-state index is 15.5. The van der Waals surface area contributed by atoms with Crippen molar-refractivity contribution < 1.29 is 25.2 Å². The van der Waals surface area contributed by atoms with E-state index in [-0.39, 0.29) is 58.2 Å². The van der Waals surface area contributed by atoms with Gasteiger partial charge < -0.3 is 31.1 Å². The predicted octanol–water partition coefficient (Wildman–Crippen LogP) is 16.2. The first kappa shape index (κ1) is 59.7. The van der Waals surface area contributed by atoms with Crippen molar-refractivity contribution in [3.8, 4) is 11.8 Å². The van der Waals surface area contributed by atoms with Crippen molar-refractivity contribution in [2.75, 3.05) is 13.1 Å². The smallest absolute Gasteiger partial charge is 0.307 e. The van der Waals surface area contributed by atoms with Crippen LogP contribution < -0.4 is 21.1 Å². The summed E-state index contributed by atoms with van der Waals surface area (Å²) in [5.74, 6) is 10.7. The van der Waals surface area contributed by atoms with Crippen molar-refractivity contribution in [2.45, 2.75) is 191 Å². The molecule has 3 aromatic rings. The van der Waals surface area contributed by atoms with Crippen LogP contribution in [0.5, 0.6) is 0 Å². The van der Waals surface area contributed by atoms with E-state index >= 15 is 4.79 Å². The number of hydrogen-bond donors (Lipinski definition) is 6. The maximum Gasteiger partial charge on any atom is 0.307 e. The van der Waals surface area contributed by atoms with Gasteiger partial charge in [-0.3, -0.25) is 4.79 Å². The first-order valence-corrected chi connectivity index (χ1v) is 38.8. The number of carboxylic acids is 1. The Bertz CT molecular complexity index is 4260. The molecule has 7 nitrogen and oxygen atoms in total. The van der Waals surface area contributed by atoms with Crippen LogP contribution in [0.25, 0.3) is 23.3 Å². The third-order valence-electron chi connectivity index (χ3n) is 32.2. The highest BCUT2D eigenvalue weighted by atomic mass is 16.4. The molecule has 22 rings (SSSR count). The summed E-state index contributed by atoms with van der Waals surface area (Å²) in [6, 6.07) is 28.1. The zero-order chi connectivity index (χ0) is 64.1. The van der Waals surface area contributed by atoms with Crippen LogP contribution in [0, 0.1) is 115 Å². The van der Waals surface area contributed by atoms with E-state index in [0.717, 1.165) is 108 Å². The normalized spacial score (nSPS) is 45.1. The molecule has 7 fully saturated rings. The number of fused-ring (bicyclic) bond motifs is 6. The van der Waals surface area contributed by atoms with Crippen LogP contribution in [-0.4, -0.2) is 51.7 Å². The number of rotatable bonds is 3. The van der Waals surface area contributed by atoms with Gasteiger partial charge in [0.2, 0.25) is 0 Å². The summed E-state index contributed by atoms with van der Waals surface area (Å²) in [6.07, 6.45) is 51.5. The summed E-state index contributed by atoms with van der Waals surface area (Å²) in [6.45, 7) is 1.51. The van der Waals surface area contributed by atoms with Gasteiger partial charge >= 0.3 is 5.97 Å². The Morgan fingerprint density at radius 1 is 0.750 bits per heavy atom. The van der Waals surface area contributed by atoms with Gasteiger partial charge in [-0.15, -0.1) is 5.92 Å². The van der Waals surface area contributed by atoms with E-state index in [1.54, 1.807) is 11.1 Å². The molecule has 6 N–H and O–H groups in total. The highest BCUT2D eigenvalue weighted by Crippen LogP contribution is 2.90. The first-order chi connectivity index (χ1) is 47.0. The second kappa shape index (κ2) is 21.6. The Kier molecular flexibility index (Phi) is 13.4. The van der Waals surface area contributed by atoms with Crippen LogP contribution in [0.2, 0.25) is 0 Å². The van der Waals surface area contributed by atoms with Crippen LogP contribution in [0.1, 0.15) is 201 Å². The number of nitrogens with one attached hydrogen (secondary N) is 2. The summed E-state index contributed by atoms with van der Waals surface area (Å²) < 4.78 is 0. The lowest BCUT2D eigenvalue weighted by molar-refractivity contribution is -0.179. The number of benzene rings is 3. The van der Waals surface area contributed by atoms with E-state index in [1.165, 1.54) is 113 Å². The largest absolute Gasteiger partial charge is 0.516 e. The van der Waals surface area contributed by atoms with E-state index in [2.05, 4.69) is 156 Å². The Balaban J connectivity index is 0.835. The minimum atomic E-state index is -1.02. The summed E-state index contributed by atoms with van der Waals surface area (Å²) in [7, 11) is 0.